The van der Waals surface area contributed by atoms with Crippen molar-refractivity contribution < 1.29 is 18.3 Å². The third kappa shape index (κ3) is 4.26. The number of rotatable bonds is 6. The van der Waals surface area contributed by atoms with E-state index in [2.05, 4.69) is 16.9 Å². The second-order valence-electron chi connectivity index (χ2n) is 8.07. The maximum atomic E-state index is 13.3. The maximum Gasteiger partial charge on any atom is 0.423 e. The molecular weight excluding hydrogens is 429 g/mol. The number of benzene rings is 2. The summed E-state index contributed by atoms with van der Waals surface area (Å²) in [7, 11) is 0. The first-order valence-electron chi connectivity index (χ1n) is 10.5. The van der Waals surface area contributed by atoms with Gasteiger partial charge in [-0.15, -0.1) is 5.10 Å². The Morgan fingerprint density at radius 2 is 1.82 bits per heavy atom. The molecule has 33 heavy (non-hydrogen) atoms. The van der Waals surface area contributed by atoms with Gasteiger partial charge in [0, 0.05) is 5.39 Å². The van der Waals surface area contributed by atoms with Crippen LogP contribution in [0.25, 0.3) is 27.6 Å². The molecule has 2 aromatic carbocycles. The first kappa shape index (κ1) is 22.7. The summed E-state index contributed by atoms with van der Waals surface area (Å²) in [6.45, 7) is 7.33. The molecule has 5 nitrogen and oxygen atoms in total. The Hall–Kier alpha value is -3.52. The summed E-state index contributed by atoms with van der Waals surface area (Å²) in [6.07, 6.45) is -4.27. The highest BCUT2D eigenvalue weighted by atomic mass is 19.4. The SMILES string of the molecule is C=C(C)c1cc(-c2ccccc2)c2ccc(Cn3cc(C(O)(CC)C(F)(F)F)nn3)cc2n1. The molecule has 0 aliphatic heterocycles. The molecule has 1 atom stereocenters. The van der Waals surface area contributed by atoms with Crippen LogP contribution in [0.15, 0.2) is 67.4 Å². The molecule has 0 saturated heterocycles. The first-order valence-corrected chi connectivity index (χ1v) is 10.5. The van der Waals surface area contributed by atoms with Crippen LogP contribution in [0, 0.1) is 0 Å². The molecule has 4 rings (SSSR count). The van der Waals surface area contributed by atoms with Crippen LogP contribution in [-0.2, 0) is 12.1 Å². The average Bonchev–Trinajstić information content (AvgIpc) is 3.26. The van der Waals surface area contributed by atoms with Crippen molar-refractivity contribution in [2.45, 2.75) is 38.6 Å². The van der Waals surface area contributed by atoms with Gasteiger partial charge in [0.15, 0.2) is 0 Å². The van der Waals surface area contributed by atoms with E-state index in [0.717, 1.165) is 45.1 Å². The number of hydrogen-bond donors (Lipinski definition) is 1. The van der Waals surface area contributed by atoms with Crippen LogP contribution < -0.4 is 0 Å². The van der Waals surface area contributed by atoms with Gasteiger partial charge in [0.05, 0.1) is 24.0 Å². The Balaban J connectivity index is 1.72. The molecule has 2 heterocycles. The molecule has 1 unspecified atom stereocenters. The molecule has 0 saturated carbocycles. The van der Waals surface area contributed by atoms with Crippen LogP contribution in [-0.4, -0.2) is 31.3 Å². The molecule has 0 fully saturated rings. The van der Waals surface area contributed by atoms with Gasteiger partial charge in [-0.25, -0.2) is 9.67 Å². The molecule has 0 amide bonds. The average molecular weight is 452 g/mol. The molecule has 0 aliphatic rings. The third-order valence-electron chi connectivity index (χ3n) is 5.68. The maximum absolute atomic E-state index is 13.3. The quantitative estimate of drug-likeness (QED) is 0.406. The number of aromatic nitrogens is 4. The van der Waals surface area contributed by atoms with Gasteiger partial charge in [-0.1, -0.05) is 61.2 Å². The topological polar surface area (TPSA) is 63.8 Å². The van der Waals surface area contributed by atoms with E-state index < -0.39 is 23.9 Å². The van der Waals surface area contributed by atoms with E-state index in [1.807, 2.05) is 61.5 Å². The molecule has 0 bridgehead atoms. The zero-order valence-electron chi connectivity index (χ0n) is 18.3. The highest BCUT2D eigenvalue weighted by molar-refractivity contribution is 5.96. The van der Waals surface area contributed by atoms with Crippen LogP contribution in [0.3, 0.4) is 0 Å². The van der Waals surface area contributed by atoms with Gasteiger partial charge in [-0.3, -0.25) is 0 Å². The van der Waals surface area contributed by atoms with Gasteiger partial charge >= 0.3 is 6.18 Å². The van der Waals surface area contributed by atoms with Crippen LogP contribution in [0.1, 0.15) is 37.2 Å². The van der Waals surface area contributed by atoms with Crippen molar-refractivity contribution in [3.05, 3.63) is 84.3 Å². The highest BCUT2D eigenvalue weighted by Crippen LogP contribution is 2.40. The molecule has 0 radical (unpaired) electrons. The number of fused-ring (bicyclic) bond motifs is 1. The Morgan fingerprint density at radius 1 is 1.09 bits per heavy atom. The monoisotopic (exact) mass is 452 g/mol. The molecule has 8 heteroatoms. The molecule has 0 spiro atoms. The van der Waals surface area contributed by atoms with E-state index >= 15 is 0 Å². The summed E-state index contributed by atoms with van der Waals surface area (Å²) < 4.78 is 41.3. The fraction of sp³-hybridized carbons (Fsp3) is 0.240. The Bertz CT molecular complexity index is 1310. The number of aliphatic hydroxyl groups is 1. The number of pyridine rings is 1. The largest absolute Gasteiger partial charge is 0.423 e. The van der Waals surface area contributed by atoms with Gasteiger partial charge in [0.2, 0.25) is 5.60 Å². The van der Waals surface area contributed by atoms with Crippen LogP contribution in [0.2, 0.25) is 0 Å². The first-order chi connectivity index (χ1) is 15.6. The van der Waals surface area contributed by atoms with Crippen molar-refractivity contribution in [3.8, 4) is 11.1 Å². The van der Waals surface area contributed by atoms with Crippen molar-refractivity contribution in [2.75, 3.05) is 0 Å². The predicted octanol–water partition coefficient (Wildman–Crippen LogP) is 5.73. The minimum Gasteiger partial charge on any atom is -0.375 e. The van der Waals surface area contributed by atoms with E-state index in [4.69, 9.17) is 4.98 Å². The number of alkyl halides is 3. The van der Waals surface area contributed by atoms with Crippen LogP contribution >= 0.6 is 0 Å². The van der Waals surface area contributed by atoms with E-state index in [1.165, 1.54) is 11.6 Å². The van der Waals surface area contributed by atoms with Gasteiger partial charge in [-0.2, -0.15) is 13.2 Å². The molecule has 2 aromatic heterocycles. The Morgan fingerprint density at radius 3 is 2.45 bits per heavy atom. The second kappa shape index (κ2) is 8.44. The lowest BCUT2D eigenvalue weighted by Gasteiger charge is -2.26. The minimum atomic E-state index is -4.84. The van der Waals surface area contributed by atoms with Crippen molar-refractivity contribution >= 4 is 16.5 Å². The lowest BCUT2D eigenvalue weighted by atomic mass is 9.96. The normalized spacial score (nSPS) is 13.8. The molecular formula is C25H23F3N4O. The highest BCUT2D eigenvalue weighted by Gasteiger charge is 2.55. The number of hydrogen-bond acceptors (Lipinski definition) is 4. The van der Waals surface area contributed by atoms with Gasteiger partial charge in [0.25, 0.3) is 0 Å². The standard InChI is InChI=1S/C25H23F3N4O/c1-4-24(33,25(26,27)28)23-15-32(31-30-23)14-17-10-11-19-20(18-8-6-5-7-9-18)13-21(16(2)3)29-22(19)12-17/h5-13,15,33H,2,4,14H2,1,3H3. The van der Waals surface area contributed by atoms with Crippen molar-refractivity contribution in [1.29, 1.82) is 0 Å². The second-order valence-corrected chi connectivity index (χ2v) is 8.07. The van der Waals surface area contributed by atoms with E-state index in [1.54, 1.807) is 0 Å². The molecule has 0 aliphatic carbocycles. The smallest absolute Gasteiger partial charge is 0.375 e. The summed E-state index contributed by atoms with van der Waals surface area (Å²) in [5.41, 5.74) is 1.64. The number of allylic oxidation sites excluding steroid dienone is 1. The van der Waals surface area contributed by atoms with Crippen LogP contribution in [0.4, 0.5) is 13.2 Å². The fourth-order valence-electron chi connectivity index (χ4n) is 3.73. The van der Waals surface area contributed by atoms with E-state index in [-0.39, 0.29) is 6.54 Å². The lowest BCUT2D eigenvalue weighted by Crippen LogP contribution is -2.42. The third-order valence-corrected chi connectivity index (χ3v) is 5.68. The molecule has 4 aromatic rings. The van der Waals surface area contributed by atoms with Gasteiger partial charge in [-0.05, 0) is 47.7 Å². The predicted molar refractivity (Wildman–Crippen MR) is 121 cm³/mol. The van der Waals surface area contributed by atoms with E-state index in [9.17, 15) is 18.3 Å². The number of halogens is 3. The van der Waals surface area contributed by atoms with Gasteiger partial charge in [0.1, 0.15) is 5.69 Å². The molecule has 1 N–H and O–H groups in total. The summed E-state index contributed by atoms with van der Waals surface area (Å²) in [5.74, 6) is 0. The van der Waals surface area contributed by atoms with Gasteiger partial charge < -0.3 is 5.11 Å². The Kier molecular flexibility index (Phi) is 5.80. The number of nitrogens with zero attached hydrogens (tertiary/aromatic N) is 4. The summed E-state index contributed by atoms with van der Waals surface area (Å²) in [5, 5.41) is 18.5. The summed E-state index contributed by atoms with van der Waals surface area (Å²) >= 11 is 0. The minimum absolute atomic E-state index is 0.181. The zero-order valence-corrected chi connectivity index (χ0v) is 18.3. The zero-order chi connectivity index (χ0) is 23.8. The summed E-state index contributed by atoms with van der Waals surface area (Å²) in [6, 6.07) is 17.7. The van der Waals surface area contributed by atoms with Crippen molar-refractivity contribution in [3.63, 3.8) is 0 Å². The summed E-state index contributed by atoms with van der Waals surface area (Å²) in [4.78, 5) is 4.72. The van der Waals surface area contributed by atoms with Crippen molar-refractivity contribution in [1.82, 2.24) is 20.0 Å². The fourth-order valence-corrected chi connectivity index (χ4v) is 3.73. The lowest BCUT2D eigenvalue weighted by molar-refractivity contribution is -0.269. The Labute approximate surface area is 189 Å². The van der Waals surface area contributed by atoms with E-state index in [0.29, 0.717) is 0 Å². The molecule has 170 valence electrons. The van der Waals surface area contributed by atoms with Crippen molar-refractivity contribution in [2.24, 2.45) is 0 Å². The van der Waals surface area contributed by atoms with Crippen LogP contribution in [0.5, 0.6) is 0 Å².